The van der Waals surface area contributed by atoms with Crippen molar-refractivity contribution in [2.45, 2.75) is 64.7 Å². The maximum Gasteiger partial charge on any atom is 0.0822 e. The van der Waals surface area contributed by atoms with E-state index in [9.17, 15) is 5.11 Å². The van der Waals surface area contributed by atoms with Crippen LogP contribution in [0.25, 0.3) is 0 Å². The molecule has 0 saturated carbocycles. The third-order valence-electron chi connectivity index (χ3n) is 2.64. The van der Waals surface area contributed by atoms with Gasteiger partial charge in [-0.15, -0.1) is 0 Å². The minimum absolute atomic E-state index is 0.109. The molecule has 0 bridgehead atoms. The van der Waals surface area contributed by atoms with Crippen LogP contribution in [0, 0.1) is 0 Å². The van der Waals surface area contributed by atoms with E-state index in [-0.39, 0.29) is 6.61 Å². The average molecular weight is 215 g/mol. The molecule has 0 rings (SSSR count). The summed E-state index contributed by atoms with van der Waals surface area (Å²) in [7, 11) is 0. The Hall–Kier alpha value is -0.0800. The minimum atomic E-state index is 0.109. The van der Waals surface area contributed by atoms with Gasteiger partial charge in [0.25, 0.3) is 0 Å². The van der Waals surface area contributed by atoms with E-state index in [2.05, 4.69) is 0 Å². The molecule has 0 aromatic heterocycles. The van der Waals surface area contributed by atoms with Crippen LogP contribution in [-0.4, -0.2) is 19.8 Å². The van der Waals surface area contributed by atoms with Crippen molar-refractivity contribution >= 4 is 0 Å². The normalized spacial score (nSPS) is 10.8. The molecule has 0 heterocycles. The molecule has 0 aromatic carbocycles. The van der Waals surface area contributed by atoms with Crippen LogP contribution in [0.5, 0.6) is 0 Å². The molecule has 0 N–H and O–H groups in total. The largest absolute Gasteiger partial charge is 0.382 e. The summed E-state index contributed by atoms with van der Waals surface area (Å²) in [5.74, 6) is 0. The lowest BCUT2D eigenvalue weighted by atomic mass is 10.1. The van der Waals surface area contributed by atoms with Gasteiger partial charge in [-0.3, -0.25) is 0 Å². The van der Waals surface area contributed by atoms with Crippen LogP contribution in [0.15, 0.2) is 0 Å². The molecule has 0 spiro atoms. The number of ether oxygens (including phenoxy) is 1. The molecule has 0 fully saturated rings. The zero-order chi connectivity index (χ0) is 11.2. The van der Waals surface area contributed by atoms with E-state index in [1.165, 1.54) is 44.9 Å². The highest BCUT2D eigenvalue weighted by atomic mass is 16.5. The number of hydrogen-bond donors (Lipinski definition) is 0. The second kappa shape index (κ2) is 13.9. The van der Waals surface area contributed by atoms with E-state index in [1.54, 1.807) is 0 Å². The van der Waals surface area contributed by atoms with Gasteiger partial charge in [0.05, 0.1) is 6.61 Å². The summed E-state index contributed by atoms with van der Waals surface area (Å²) in [5.41, 5.74) is 0. The fourth-order valence-electron chi connectivity index (χ4n) is 1.69. The number of rotatable bonds is 12. The van der Waals surface area contributed by atoms with Crippen LogP contribution < -0.4 is 0 Å². The molecule has 0 aliphatic rings. The number of unbranched alkanes of at least 4 members (excludes halogenated alkanes) is 8. The lowest BCUT2D eigenvalue weighted by Crippen LogP contribution is -1.92. The van der Waals surface area contributed by atoms with E-state index < -0.39 is 0 Å². The molecular formula is C13H27O2. The van der Waals surface area contributed by atoms with Crippen LogP contribution in [-0.2, 0) is 9.84 Å². The zero-order valence-corrected chi connectivity index (χ0v) is 10.3. The smallest absolute Gasteiger partial charge is 0.0822 e. The van der Waals surface area contributed by atoms with Crippen molar-refractivity contribution in [3.8, 4) is 0 Å². The Labute approximate surface area is 95.0 Å². The van der Waals surface area contributed by atoms with E-state index in [0.29, 0.717) is 0 Å². The van der Waals surface area contributed by atoms with Gasteiger partial charge < -0.3 is 4.74 Å². The Bertz CT molecular complexity index is 92.7. The molecule has 2 heteroatoms. The Balaban J connectivity index is 2.81. The molecule has 0 atom stereocenters. The molecule has 2 nitrogen and oxygen atoms in total. The summed E-state index contributed by atoms with van der Waals surface area (Å²) in [6, 6.07) is 0. The Morgan fingerprint density at radius 1 is 0.733 bits per heavy atom. The predicted molar refractivity (Wildman–Crippen MR) is 63.6 cm³/mol. The SMILES string of the molecule is CCOCCCCCCCCCCC[O]. The predicted octanol–water partition coefficient (Wildman–Crippen LogP) is 3.96. The van der Waals surface area contributed by atoms with E-state index in [0.717, 1.165) is 26.1 Å². The van der Waals surface area contributed by atoms with Crippen LogP contribution in [0.3, 0.4) is 0 Å². The van der Waals surface area contributed by atoms with Crippen LogP contribution in [0.4, 0.5) is 0 Å². The van der Waals surface area contributed by atoms with Crippen molar-refractivity contribution in [2.24, 2.45) is 0 Å². The monoisotopic (exact) mass is 215 g/mol. The number of hydrogen-bond acceptors (Lipinski definition) is 1. The molecule has 15 heavy (non-hydrogen) atoms. The van der Waals surface area contributed by atoms with E-state index >= 15 is 0 Å². The fraction of sp³-hybridized carbons (Fsp3) is 1.00. The molecule has 0 unspecified atom stereocenters. The average Bonchev–Trinajstić information content (AvgIpc) is 2.26. The van der Waals surface area contributed by atoms with E-state index in [4.69, 9.17) is 4.74 Å². The lowest BCUT2D eigenvalue weighted by Gasteiger charge is -2.02. The van der Waals surface area contributed by atoms with Crippen molar-refractivity contribution in [3.63, 3.8) is 0 Å². The van der Waals surface area contributed by atoms with Gasteiger partial charge in [-0.05, 0) is 19.8 Å². The summed E-state index contributed by atoms with van der Waals surface area (Å²) in [6.07, 6.45) is 11.1. The summed E-state index contributed by atoms with van der Waals surface area (Å²) >= 11 is 0. The molecule has 91 valence electrons. The van der Waals surface area contributed by atoms with Crippen LogP contribution >= 0.6 is 0 Å². The molecule has 0 amide bonds. The van der Waals surface area contributed by atoms with Gasteiger partial charge in [-0.25, -0.2) is 5.11 Å². The Morgan fingerprint density at radius 3 is 1.67 bits per heavy atom. The second-order valence-electron chi connectivity index (χ2n) is 4.08. The first-order valence-electron chi connectivity index (χ1n) is 6.57. The van der Waals surface area contributed by atoms with Crippen LogP contribution in [0.1, 0.15) is 64.7 Å². The second-order valence-corrected chi connectivity index (χ2v) is 4.08. The first kappa shape index (κ1) is 14.9. The molecule has 0 saturated heterocycles. The van der Waals surface area contributed by atoms with Gasteiger partial charge in [0.1, 0.15) is 0 Å². The van der Waals surface area contributed by atoms with Gasteiger partial charge in [-0.2, -0.15) is 0 Å². The van der Waals surface area contributed by atoms with Gasteiger partial charge in [0, 0.05) is 13.2 Å². The zero-order valence-electron chi connectivity index (χ0n) is 10.3. The summed E-state index contributed by atoms with van der Waals surface area (Å²) in [4.78, 5) is 0. The Morgan fingerprint density at radius 2 is 1.20 bits per heavy atom. The standard InChI is InChI=1S/C13H27O2/c1-2-15-13-11-9-7-5-3-4-6-8-10-12-14/h2-13H2,1H3. The highest BCUT2D eigenvalue weighted by Gasteiger charge is 1.92. The minimum Gasteiger partial charge on any atom is -0.382 e. The van der Waals surface area contributed by atoms with Gasteiger partial charge in [-0.1, -0.05) is 44.9 Å². The Kier molecular flexibility index (Phi) is 13.8. The van der Waals surface area contributed by atoms with E-state index in [1.807, 2.05) is 6.92 Å². The van der Waals surface area contributed by atoms with Gasteiger partial charge in [0.2, 0.25) is 0 Å². The summed E-state index contributed by atoms with van der Waals surface area (Å²) in [6.45, 7) is 3.93. The van der Waals surface area contributed by atoms with Crippen molar-refractivity contribution in [3.05, 3.63) is 0 Å². The van der Waals surface area contributed by atoms with Gasteiger partial charge >= 0.3 is 0 Å². The third-order valence-corrected chi connectivity index (χ3v) is 2.64. The third kappa shape index (κ3) is 13.9. The highest BCUT2D eigenvalue weighted by Crippen LogP contribution is 2.09. The fourth-order valence-corrected chi connectivity index (χ4v) is 1.69. The highest BCUT2D eigenvalue weighted by molar-refractivity contribution is 4.47. The first-order chi connectivity index (χ1) is 7.41. The summed E-state index contributed by atoms with van der Waals surface area (Å²) in [5, 5.41) is 10.2. The topological polar surface area (TPSA) is 29.1 Å². The molecule has 0 aliphatic carbocycles. The lowest BCUT2D eigenvalue weighted by molar-refractivity contribution is 0.143. The van der Waals surface area contributed by atoms with Gasteiger partial charge in [0.15, 0.2) is 0 Å². The molecule has 0 aromatic rings. The van der Waals surface area contributed by atoms with Crippen molar-refractivity contribution in [2.75, 3.05) is 19.8 Å². The summed E-state index contributed by atoms with van der Waals surface area (Å²) < 4.78 is 5.28. The van der Waals surface area contributed by atoms with Crippen molar-refractivity contribution in [1.29, 1.82) is 0 Å². The maximum atomic E-state index is 10.2. The molecule has 1 radical (unpaired) electrons. The maximum absolute atomic E-state index is 10.2. The van der Waals surface area contributed by atoms with Crippen molar-refractivity contribution in [1.82, 2.24) is 0 Å². The molecule has 0 aliphatic heterocycles. The molecular weight excluding hydrogens is 188 g/mol. The quantitative estimate of drug-likeness (QED) is 0.453. The van der Waals surface area contributed by atoms with Crippen LogP contribution in [0.2, 0.25) is 0 Å². The van der Waals surface area contributed by atoms with Crippen molar-refractivity contribution < 1.29 is 9.84 Å². The first-order valence-corrected chi connectivity index (χ1v) is 6.57.